The molecule has 1 saturated heterocycles. The monoisotopic (exact) mass is 405 g/mol. The zero-order chi connectivity index (χ0) is 21.4. The number of carbonyl (C=O) groups excluding carboxylic acids is 2. The Kier molecular flexibility index (Phi) is 5.28. The van der Waals surface area contributed by atoms with Crippen molar-refractivity contribution in [2.24, 2.45) is 13.0 Å². The number of nitrogens with one attached hydrogen (secondary N) is 1. The van der Waals surface area contributed by atoms with E-state index in [4.69, 9.17) is 0 Å². The first-order chi connectivity index (χ1) is 14.4. The van der Waals surface area contributed by atoms with Crippen molar-refractivity contribution in [3.05, 3.63) is 47.8 Å². The van der Waals surface area contributed by atoms with Gasteiger partial charge in [-0.15, -0.1) is 0 Å². The van der Waals surface area contributed by atoms with E-state index in [0.717, 1.165) is 34.4 Å². The molecule has 0 bridgehead atoms. The van der Waals surface area contributed by atoms with E-state index < -0.39 is 5.92 Å². The topological polar surface area (TPSA) is 80.1 Å². The number of amides is 2. The number of anilines is 2. The Morgan fingerprint density at radius 3 is 2.87 bits per heavy atom. The molecule has 156 valence electrons. The van der Waals surface area contributed by atoms with E-state index in [1.54, 1.807) is 15.8 Å². The fourth-order valence-corrected chi connectivity index (χ4v) is 4.11. The molecule has 7 nitrogen and oxygen atoms in total. The number of rotatable bonds is 5. The Bertz CT molecular complexity index is 1120. The van der Waals surface area contributed by atoms with Crippen LogP contribution in [-0.2, 0) is 16.6 Å². The van der Waals surface area contributed by atoms with E-state index in [1.165, 1.54) is 0 Å². The van der Waals surface area contributed by atoms with Gasteiger partial charge >= 0.3 is 0 Å². The fraction of sp³-hybridized carbons (Fsp3) is 0.391. The van der Waals surface area contributed by atoms with Crippen LogP contribution in [0.3, 0.4) is 0 Å². The van der Waals surface area contributed by atoms with E-state index in [0.29, 0.717) is 18.2 Å². The van der Waals surface area contributed by atoms with Crippen LogP contribution in [0.4, 0.5) is 11.4 Å². The molecule has 1 aliphatic heterocycles. The Hall–Kier alpha value is -3.22. The third kappa shape index (κ3) is 3.56. The van der Waals surface area contributed by atoms with Crippen molar-refractivity contribution in [1.82, 2.24) is 14.8 Å². The van der Waals surface area contributed by atoms with Gasteiger partial charge in [0.25, 0.3) is 0 Å². The fourth-order valence-electron chi connectivity index (χ4n) is 4.11. The number of hydrogen-bond acceptors (Lipinski definition) is 4. The normalized spacial score (nSPS) is 17.5. The van der Waals surface area contributed by atoms with Gasteiger partial charge in [-0.25, -0.2) is 4.98 Å². The highest BCUT2D eigenvalue weighted by molar-refractivity contribution is 6.04. The Labute approximate surface area is 176 Å². The number of fused-ring (bicyclic) bond motifs is 1. The SMILES string of the molecule is CCC(C)c1ccccc1N1CC(C(=O)Nc2cnc3c(c2)c(C)nn3C)CC1=O. The van der Waals surface area contributed by atoms with Crippen molar-refractivity contribution < 1.29 is 9.59 Å². The molecule has 7 heteroatoms. The van der Waals surface area contributed by atoms with E-state index in [-0.39, 0.29) is 18.2 Å². The van der Waals surface area contributed by atoms with Crippen molar-refractivity contribution in [3.63, 3.8) is 0 Å². The molecular weight excluding hydrogens is 378 g/mol. The van der Waals surface area contributed by atoms with E-state index >= 15 is 0 Å². The van der Waals surface area contributed by atoms with Crippen LogP contribution in [0.25, 0.3) is 11.0 Å². The lowest BCUT2D eigenvalue weighted by Gasteiger charge is -2.23. The van der Waals surface area contributed by atoms with Gasteiger partial charge in [-0.05, 0) is 37.0 Å². The van der Waals surface area contributed by atoms with Crippen molar-refractivity contribution in [2.45, 2.75) is 39.5 Å². The number of para-hydroxylation sites is 1. The van der Waals surface area contributed by atoms with Crippen LogP contribution in [0.1, 0.15) is 43.9 Å². The molecule has 30 heavy (non-hydrogen) atoms. The summed E-state index contributed by atoms with van der Waals surface area (Å²) in [6, 6.07) is 9.87. The van der Waals surface area contributed by atoms with Crippen molar-refractivity contribution >= 4 is 34.2 Å². The number of carbonyl (C=O) groups is 2. The maximum absolute atomic E-state index is 12.9. The van der Waals surface area contributed by atoms with Gasteiger partial charge in [0.15, 0.2) is 5.65 Å². The predicted molar refractivity (Wildman–Crippen MR) is 117 cm³/mol. The largest absolute Gasteiger partial charge is 0.324 e. The molecule has 0 aliphatic carbocycles. The smallest absolute Gasteiger partial charge is 0.229 e. The van der Waals surface area contributed by atoms with E-state index in [1.807, 2.05) is 38.2 Å². The summed E-state index contributed by atoms with van der Waals surface area (Å²) >= 11 is 0. The molecule has 1 fully saturated rings. The maximum atomic E-state index is 12.9. The summed E-state index contributed by atoms with van der Waals surface area (Å²) in [5, 5.41) is 8.20. The highest BCUT2D eigenvalue weighted by atomic mass is 16.2. The highest BCUT2D eigenvalue weighted by Crippen LogP contribution is 2.33. The van der Waals surface area contributed by atoms with Crippen LogP contribution in [-0.4, -0.2) is 33.1 Å². The van der Waals surface area contributed by atoms with Crippen LogP contribution in [0.15, 0.2) is 36.5 Å². The number of benzene rings is 1. The van der Waals surface area contributed by atoms with Gasteiger partial charge < -0.3 is 10.2 Å². The van der Waals surface area contributed by atoms with Crippen molar-refractivity contribution in [3.8, 4) is 0 Å². The third-order valence-corrected chi connectivity index (χ3v) is 6.00. The Balaban J connectivity index is 1.52. The Morgan fingerprint density at radius 1 is 1.33 bits per heavy atom. The first-order valence-electron chi connectivity index (χ1n) is 10.4. The van der Waals surface area contributed by atoms with Crippen molar-refractivity contribution in [1.29, 1.82) is 0 Å². The summed E-state index contributed by atoms with van der Waals surface area (Å²) in [5.74, 6) is -0.215. The molecule has 0 radical (unpaired) electrons. The second-order valence-electron chi connectivity index (χ2n) is 8.07. The minimum absolute atomic E-state index is 0.0115. The van der Waals surface area contributed by atoms with Crippen LogP contribution in [0.5, 0.6) is 0 Å². The molecule has 1 N–H and O–H groups in total. The van der Waals surface area contributed by atoms with Crippen LogP contribution >= 0.6 is 0 Å². The summed E-state index contributed by atoms with van der Waals surface area (Å²) in [6.07, 6.45) is 2.84. The second-order valence-corrected chi connectivity index (χ2v) is 8.07. The molecule has 2 amide bonds. The van der Waals surface area contributed by atoms with Crippen LogP contribution in [0.2, 0.25) is 0 Å². The van der Waals surface area contributed by atoms with Gasteiger partial charge in [-0.2, -0.15) is 5.10 Å². The average Bonchev–Trinajstić information content (AvgIpc) is 3.27. The zero-order valence-corrected chi connectivity index (χ0v) is 17.8. The van der Waals surface area contributed by atoms with Gasteiger partial charge in [0, 0.05) is 31.1 Å². The molecule has 1 aromatic carbocycles. The second kappa shape index (κ2) is 7.89. The van der Waals surface area contributed by atoms with E-state index in [2.05, 4.69) is 35.3 Å². The summed E-state index contributed by atoms with van der Waals surface area (Å²) in [5.41, 5.74) is 4.32. The van der Waals surface area contributed by atoms with Gasteiger partial charge in [0.1, 0.15) is 0 Å². The zero-order valence-electron chi connectivity index (χ0n) is 17.8. The minimum Gasteiger partial charge on any atom is -0.324 e. The first kappa shape index (κ1) is 20.1. The van der Waals surface area contributed by atoms with Gasteiger partial charge in [0.05, 0.1) is 23.5 Å². The molecule has 2 aromatic heterocycles. The number of aromatic nitrogens is 3. The van der Waals surface area contributed by atoms with Gasteiger partial charge in [-0.1, -0.05) is 32.0 Å². The first-order valence-corrected chi connectivity index (χ1v) is 10.4. The number of nitrogens with zero attached hydrogens (tertiary/aromatic N) is 4. The number of hydrogen-bond donors (Lipinski definition) is 1. The lowest BCUT2D eigenvalue weighted by molar-refractivity contribution is -0.122. The molecule has 4 rings (SSSR count). The lowest BCUT2D eigenvalue weighted by Crippen LogP contribution is -2.29. The standard InChI is InChI=1S/C23H27N5O2/c1-5-14(2)18-8-6-7-9-20(18)28-13-16(10-21(28)29)23(30)25-17-11-19-15(3)26-27(4)22(19)24-12-17/h6-9,11-12,14,16H,5,10,13H2,1-4H3,(H,25,30). The van der Waals surface area contributed by atoms with Crippen LogP contribution < -0.4 is 10.2 Å². The summed E-state index contributed by atoms with van der Waals surface area (Å²) in [7, 11) is 1.84. The van der Waals surface area contributed by atoms with Gasteiger partial charge in [-0.3, -0.25) is 14.3 Å². The molecule has 2 unspecified atom stereocenters. The molecule has 3 heterocycles. The van der Waals surface area contributed by atoms with E-state index in [9.17, 15) is 9.59 Å². The van der Waals surface area contributed by atoms with Crippen LogP contribution in [0, 0.1) is 12.8 Å². The summed E-state index contributed by atoms with van der Waals surface area (Å²) in [6.45, 7) is 6.60. The summed E-state index contributed by atoms with van der Waals surface area (Å²) in [4.78, 5) is 31.8. The highest BCUT2D eigenvalue weighted by Gasteiger charge is 2.36. The molecule has 2 atom stereocenters. The quantitative estimate of drug-likeness (QED) is 0.700. The molecule has 3 aromatic rings. The Morgan fingerprint density at radius 2 is 2.10 bits per heavy atom. The maximum Gasteiger partial charge on any atom is 0.229 e. The molecular formula is C23H27N5O2. The van der Waals surface area contributed by atoms with Gasteiger partial charge in [0.2, 0.25) is 11.8 Å². The summed E-state index contributed by atoms with van der Waals surface area (Å²) < 4.78 is 1.72. The third-order valence-electron chi connectivity index (χ3n) is 6.00. The number of aryl methyl sites for hydroxylation is 2. The molecule has 0 saturated carbocycles. The minimum atomic E-state index is -0.395. The molecule has 1 aliphatic rings. The predicted octanol–water partition coefficient (Wildman–Crippen LogP) is 3.78. The lowest BCUT2D eigenvalue weighted by atomic mass is 9.96. The van der Waals surface area contributed by atoms with Crippen molar-refractivity contribution in [2.75, 3.05) is 16.8 Å². The average molecular weight is 406 g/mol. The number of pyridine rings is 1. The molecule has 0 spiro atoms.